The molecule has 1 heterocycles. The number of pyridine rings is 1. The molecule has 0 fully saturated rings. The zero-order valence-electron chi connectivity index (χ0n) is 10.2. The summed E-state index contributed by atoms with van der Waals surface area (Å²) in [5, 5.41) is 2.73. The summed E-state index contributed by atoms with van der Waals surface area (Å²) in [5.74, 6) is 0.0672. The molecule has 0 unspecified atom stereocenters. The molecular formula is C11H15F3N2O2. The molecule has 102 valence electrons. The second-order valence-corrected chi connectivity index (χ2v) is 3.45. The van der Waals surface area contributed by atoms with Crippen LogP contribution in [0.15, 0.2) is 12.1 Å². The SMILES string of the molecule is CCNc1cc(C(F)(F)F)cc(OCCOC)n1. The van der Waals surface area contributed by atoms with Gasteiger partial charge in [-0.15, -0.1) is 0 Å². The Bertz CT molecular complexity index is 383. The Hall–Kier alpha value is -1.50. The molecule has 0 saturated carbocycles. The minimum absolute atomic E-state index is 0.0715. The standard InChI is InChI=1S/C11H15F3N2O2/c1-3-15-9-6-8(11(12,13)14)7-10(16-9)18-5-4-17-2/h6-7H,3-5H2,1-2H3,(H,15,16). The van der Waals surface area contributed by atoms with Crippen molar-refractivity contribution in [3.63, 3.8) is 0 Å². The molecule has 4 nitrogen and oxygen atoms in total. The molecule has 0 spiro atoms. The molecule has 0 aliphatic heterocycles. The van der Waals surface area contributed by atoms with E-state index in [2.05, 4.69) is 10.3 Å². The second-order valence-electron chi connectivity index (χ2n) is 3.45. The van der Waals surface area contributed by atoms with Crippen molar-refractivity contribution < 1.29 is 22.6 Å². The second kappa shape index (κ2) is 6.44. The summed E-state index contributed by atoms with van der Waals surface area (Å²) >= 11 is 0. The topological polar surface area (TPSA) is 43.4 Å². The molecule has 0 aromatic carbocycles. The number of ether oxygens (including phenoxy) is 2. The van der Waals surface area contributed by atoms with Crippen molar-refractivity contribution in [3.05, 3.63) is 17.7 Å². The Labute approximate surface area is 103 Å². The predicted octanol–water partition coefficient (Wildman–Crippen LogP) is 2.56. The molecule has 1 aromatic rings. The van der Waals surface area contributed by atoms with E-state index in [0.29, 0.717) is 6.54 Å². The number of hydrogen-bond acceptors (Lipinski definition) is 4. The highest BCUT2D eigenvalue weighted by Gasteiger charge is 2.31. The first-order valence-electron chi connectivity index (χ1n) is 5.42. The molecule has 0 amide bonds. The fourth-order valence-corrected chi connectivity index (χ4v) is 1.24. The van der Waals surface area contributed by atoms with E-state index in [-0.39, 0.29) is 24.9 Å². The highest BCUT2D eigenvalue weighted by atomic mass is 19.4. The minimum Gasteiger partial charge on any atom is -0.475 e. The molecule has 7 heteroatoms. The lowest BCUT2D eigenvalue weighted by Gasteiger charge is -2.12. The van der Waals surface area contributed by atoms with Gasteiger partial charge in [0.15, 0.2) is 0 Å². The third-order valence-electron chi connectivity index (χ3n) is 2.02. The third-order valence-corrected chi connectivity index (χ3v) is 2.02. The highest BCUT2D eigenvalue weighted by molar-refractivity contribution is 5.42. The fraction of sp³-hybridized carbons (Fsp3) is 0.545. The largest absolute Gasteiger partial charge is 0.475 e. The molecule has 0 bridgehead atoms. The van der Waals surface area contributed by atoms with Gasteiger partial charge in [-0.2, -0.15) is 18.2 Å². The van der Waals surface area contributed by atoms with Crippen LogP contribution in [0.25, 0.3) is 0 Å². The molecular weight excluding hydrogens is 249 g/mol. The van der Waals surface area contributed by atoms with Gasteiger partial charge in [-0.3, -0.25) is 0 Å². The van der Waals surface area contributed by atoms with Crippen LogP contribution in [0.5, 0.6) is 5.88 Å². The quantitative estimate of drug-likeness (QED) is 0.802. The number of alkyl halides is 3. The van der Waals surface area contributed by atoms with E-state index in [1.54, 1.807) is 6.92 Å². The van der Waals surface area contributed by atoms with Gasteiger partial charge in [0.1, 0.15) is 12.4 Å². The number of halogens is 3. The first-order chi connectivity index (χ1) is 8.47. The minimum atomic E-state index is -4.42. The Morgan fingerprint density at radius 1 is 1.28 bits per heavy atom. The first-order valence-corrected chi connectivity index (χ1v) is 5.42. The number of rotatable bonds is 6. The normalized spacial score (nSPS) is 11.4. The van der Waals surface area contributed by atoms with Gasteiger partial charge in [-0.1, -0.05) is 0 Å². The van der Waals surface area contributed by atoms with Crippen molar-refractivity contribution in [2.45, 2.75) is 13.1 Å². The van der Waals surface area contributed by atoms with Crippen molar-refractivity contribution in [1.29, 1.82) is 0 Å². The molecule has 18 heavy (non-hydrogen) atoms. The number of nitrogens with zero attached hydrogens (tertiary/aromatic N) is 1. The Morgan fingerprint density at radius 3 is 2.56 bits per heavy atom. The van der Waals surface area contributed by atoms with Crippen LogP contribution in [0, 0.1) is 0 Å². The van der Waals surface area contributed by atoms with Crippen LogP contribution in [-0.2, 0) is 10.9 Å². The summed E-state index contributed by atoms with van der Waals surface area (Å²) in [4.78, 5) is 3.92. The van der Waals surface area contributed by atoms with Gasteiger partial charge in [0.25, 0.3) is 0 Å². The van der Waals surface area contributed by atoms with Crippen LogP contribution < -0.4 is 10.1 Å². The summed E-state index contributed by atoms with van der Waals surface area (Å²) in [6.45, 7) is 2.68. The van der Waals surface area contributed by atoms with Gasteiger partial charge in [-0.25, -0.2) is 0 Å². The smallest absolute Gasteiger partial charge is 0.416 e. The molecule has 0 atom stereocenters. The van der Waals surface area contributed by atoms with E-state index in [9.17, 15) is 13.2 Å². The molecule has 1 aromatic heterocycles. The lowest BCUT2D eigenvalue weighted by Crippen LogP contribution is -2.11. The molecule has 0 radical (unpaired) electrons. The van der Waals surface area contributed by atoms with Crippen LogP contribution in [0.2, 0.25) is 0 Å². The predicted molar refractivity (Wildman–Crippen MR) is 60.8 cm³/mol. The lowest BCUT2D eigenvalue weighted by molar-refractivity contribution is -0.137. The van der Waals surface area contributed by atoms with E-state index in [1.807, 2.05) is 0 Å². The monoisotopic (exact) mass is 264 g/mol. The van der Waals surface area contributed by atoms with Crippen molar-refractivity contribution in [2.75, 3.05) is 32.2 Å². The Balaban J connectivity index is 2.91. The van der Waals surface area contributed by atoms with Crippen molar-refractivity contribution >= 4 is 5.82 Å². The van der Waals surface area contributed by atoms with Crippen molar-refractivity contribution in [1.82, 2.24) is 4.98 Å². The van der Waals surface area contributed by atoms with E-state index in [1.165, 1.54) is 7.11 Å². The maximum atomic E-state index is 12.6. The zero-order chi connectivity index (χ0) is 13.6. The Kier molecular flexibility index (Phi) is 5.21. The van der Waals surface area contributed by atoms with Gasteiger partial charge in [0.2, 0.25) is 5.88 Å². The zero-order valence-corrected chi connectivity index (χ0v) is 10.2. The van der Waals surface area contributed by atoms with Crippen LogP contribution in [-0.4, -0.2) is 31.9 Å². The summed E-state index contributed by atoms with van der Waals surface area (Å²) < 4.78 is 47.8. The molecule has 1 rings (SSSR count). The molecule has 1 N–H and O–H groups in total. The molecule has 0 aliphatic rings. The summed E-state index contributed by atoms with van der Waals surface area (Å²) in [7, 11) is 1.48. The summed E-state index contributed by atoms with van der Waals surface area (Å²) in [6.07, 6.45) is -4.42. The van der Waals surface area contributed by atoms with Gasteiger partial charge in [0, 0.05) is 19.7 Å². The van der Waals surface area contributed by atoms with E-state index < -0.39 is 11.7 Å². The number of nitrogens with one attached hydrogen (secondary N) is 1. The maximum Gasteiger partial charge on any atom is 0.416 e. The van der Waals surface area contributed by atoms with Gasteiger partial charge in [0.05, 0.1) is 12.2 Å². The van der Waals surface area contributed by atoms with E-state index in [0.717, 1.165) is 12.1 Å². The number of aromatic nitrogens is 1. The van der Waals surface area contributed by atoms with Crippen LogP contribution >= 0.6 is 0 Å². The first kappa shape index (κ1) is 14.6. The lowest BCUT2D eigenvalue weighted by atomic mass is 10.2. The van der Waals surface area contributed by atoms with E-state index >= 15 is 0 Å². The summed E-state index contributed by atoms with van der Waals surface area (Å²) in [5.41, 5.74) is -0.791. The number of anilines is 1. The maximum absolute atomic E-state index is 12.6. The fourth-order valence-electron chi connectivity index (χ4n) is 1.24. The van der Waals surface area contributed by atoms with Crippen LogP contribution in [0.1, 0.15) is 12.5 Å². The highest BCUT2D eigenvalue weighted by Crippen LogP contribution is 2.32. The molecule has 0 saturated heterocycles. The van der Waals surface area contributed by atoms with Crippen LogP contribution in [0.4, 0.5) is 19.0 Å². The number of methoxy groups -OCH3 is 1. The van der Waals surface area contributed by atoms with Gasteiger partial charge >= 0.3 is 6.18 Å². The van der Waals surface area contributed by atoms with Gasteiger partial charge in [-0.05, 0) is 13.0 Å². The van der Waals surface area contributed by atoms with Crippen molar-refractivity contribution in [2.24, 2.45) is 0 Å². The number of hydrogen-bond donors (Lipinski definition) is 1. The summed E-state index contributed by atoms with van der Waals surface area (Å²) in [6, 6.07) is 1.82. The molecule has 0 aliphatic carbocycles. The Morgan fingerprint density at radius 2 is 2.00 bits per heavy atom. The third kappa shape index (κ3) is 4.40. The van der Waals surface area contributed by atoms with Gasteiger partial charge < -0.3 is 14.8 Å². The van der Waals surface area contributed by atoms with Crippen molar-refractivity contribution in [3.8, 4) is 5.88 Å². The van der Waals surface area contributed by atoms with Crippen LogP contribution in [0.3, 0.4) is 0 Å². The average Bonchev–Trinajstić information content (AvgIpc) is 2.28. The van der Waals surface area contributed by atoms with E-state index in [4.69, 9.17) is 9.47 Å². The average molecular weight is 264 g/mol.